The standard InChI is InChI=1S/C37H25BN2OS/c1-3-13-26(14-4-1)38(27-15-5-2-6-16-27)41-35-24-23-28(25-31(35)37-39-32-19-9-12-22-36(32)42-37)40-33-20-10-7-17-29(33)30-18-8-11-21-34(30)40/h1-25H. The average Bonchev–Trinajstić information content (AvgIpc) is 3.64. The Morgan fingerprint density at radius 2 is 1.14 bits per heavy atom. The Morgan fingerprint density at radius 1 is 0.571 bits per heavy atom. The largest absolute Gasteiger partial charge is 0.551 e. The normalized spacial score (nSPS) is 11.3. The van der Waals surface area contributed by atoms with E-state index in [0.717, 1.165) is 43.2 Å². The molecule has 5 heteroatoms. The molecule has 0 fully saturated rings. The second-order valence-electron chi connectivity index (χ2n) is 10.4. The number of rotatable bonds is 6. The summed E-state index contributed by atoms with van der Waals surface area (Å²) in [6, 6.07) is 52.9. The van der Waals surface area contributed by atoms with Crippen LogP contribution in [0.25, 0.3) is 48.3 Å². The Hall–Kier alpha value is -5.13. The van der Waals surface area contributed by atoms with Crippen molar-refractivity contribution < 1.29 is 4.65 Å². The molecule has 3 nitrogen and oxygen atoms in total. The summed E-state index contributed by atoms with van der Waals surface area (Å²) in [6.45, 7) is -0.264. The number of nitrogens with zero attached hydrogens (tertiary/aromatic N) is 2. The highest BCUT2D eigenvalue weighted by Gasteiger charge is 2.26. The maximum absolute atomic E-state index is 6.97. The van der Waals surface area contributed by atoms with Crippen molar-refractivity contribution in [2.24, 2.45) is 0 Å². The first kappa shape index (κ1) is 24.7. The highest BCUT2D eigenvalue weighted by Crippen LogP contribution is 2.39. The minimum atomic E-state index is -0.264. The molecule has 0 amide bonds. The van der Waals surface area contributed by atoms with Crippen LogP contribution in [0.15, 0.2) is 152 Å². The van der Waals surface area contributed by atoms with Crippen LogP contribution in [-0.2, 0) is 0 Å². The fourth-order valence-electron chi connectivity index (χ4n) is 5.83. The molecule has 0 aliphatic rings. The molecule has 0 bridgehead atoms. The molecule has 0 saturated carbocycles. The Bertz CT molecular complexity index is 2060. The van der Waals surface area contributed by atoms with Crippen LogP contribution in [0, 0.1) is 0 Å². The maximum atomic E-state index is 6.97. The van der Waals surface area contributed by atoms with Gasteiger partial charge < -0.3 is 9.22 Å². The van der Waals surface area contributed by atoms with Crippen molar-refractivity contribution in [1.29, 1.82) is 0 Å². The molecule has 0 N–H and O–H groups in total. The summed E-state index contributed by atoms with van der Waals surface area (Å²) in [5.74, 6) is 0.802. The number of para-hydroxylation sites is 3. The van der Waals surface area contributed by atoms with Gasteiger partial charge in [-0.25, -0.2) is 4.98 Å². The van der Waals surface area contributed by atoms with Crippen LogP contribution in [0.4, 0.5) is 0 Å². The predicted octanol–water partition coefficient (Wildman–Crippen LogP) is 8.25. The van der Waals surface area contributed by atoms with Crippen LogP contribution in [0.3, 0.4) is 0 Å². The lowest BCUT2D eigenvalue weighted by atomic mass is 9.55. The molecule has 8 aromatic rings. The van der Waals surface area contributed by atoms with Gasteiger partial charge in [0.05, 0.1) is 26.8 Å². The maximum Gasteiger partial charge on any atom is 0.426 e. The van der Waals surface area contributed by atoms with E-state index in [9.17, 15) is 0 Å². The van der Waals surface area contributed by atoms with E-state index < -0.39 is 0 Å². The number of benzene rings is 6. The molecule has 0 saturated heterocycles. The molecule has 198 valence electrons. The van der Waals surface area contributed by atoms with Gasteiger partial charge in [-0.3, -0.25) is 0 Å². The molecule has 2 aromatic heterocycles. The van der Waals surface area contributed by atoms with Gasteiger partial charge in [0.25, 0.3) is 0 Å². The summed E-state index contributed by atoms with van der Waals surface area (Å²) in [5.41, 5.74) is 7.60. The Labute approximate surface area is 248 Å². The molecular weight excluding hydrogens is 531 g/mol. The van der Waals surface area contributed by atoms with Crippen molar-refractivity contribution in [2.45, 2.75) is 0 Å². The molecule has 42 heavy (non-hydrogen) atoms. The zero-order valence-electron chi connectivity index (χ0n) is 22.7. The van der Waals surface area contributed by atoms with Crippen LogP contribution in [-0.4, -0.2) is 16.5 Å². The molecule has 0 unspecified atom stereocenters. The van der Waals surface area contributed by atoms with Gasteiger partial charge in [0, 0.05) is 16.5 Å². The fourth-order valence-corrected chi connectivity index (χ4v) is 6.81. The topological polar surface area (TPSA) is 27.1 Å². The van der Waals surface area contributed by atoms with Gasteiger partial charge in [-0.15, -0.1) is 11.3 Å². The van der Waals surface area contributed by atoms with Gasteiger partial charge in [-0.05, 0) is 53.4 Å². The zero-order valence-corrected chi connectivity index (χ0v) is 23.5. The number of hydrogen-bond acceptors (Lipinski definition) is 3. The molecular formula is C37H25BN2OS. The minimum absolute atomic E-state index is 0.264. The van der Waals surface area contributed by atoms with Gasteiger partial charge in [-0.2, -0.15) is 0 Å². The molecule has 0 atom stereocenters. The van der Waals surface area contributed by atoms with Crippen LogP contribution in [0.1, 0.15) is 0 Å². The average molecular weight is 556 g/mol. The second kappa shape index (κ2) is 10.4. The van der Waals surface area contributed by atoms with E-state index in [1.807, 2.05) is 18.2 Å². The van der Waals surface area contributed by atoms with Crippen molar-refractivity contribution >= 4 is 61.2 Å². The van der Waals surface area contributed by atoms with E-state index >= 15 is 0 Å². The lowest BCUT2D eigenvalue weighted by Gasteiger charge is -2.20. The van der Waals surface area contributed by atoms with Gasteiger partial charge in [0.2, 0.25) is 0 Å². The molecule has 2 heterocycles. The summed E-state index contributed by atoms with van der Waals surface area (Å²) in [6.07, 6.45) is 0. The number of aromatic nitrogens is 2. The third-order valence-electron chi connectivity index (χ3n) is 7.78. The van der Waals surface area contributed by atoms with E-state index in [1.165, 1.54) is 21.8 Å². The third kappa shape index (κ3) is 4.26. The van der Waals surface area contributed by atoms with E-state index in [1.54, 1.807) is 11.3 Å². The number of fused-ring (bicyclic) bond motifs is 4. The Kier molecular flexibility index (Phi) is 6.09. The van der Waals surface area contributed by atoms with Gasteiger partial charge in [0.15, 0.2) is 0 Å². The molecule has 0 aliphatic heterocycles. The fraction of sp³-hybridized carbons (Fsp3) is 0. The van der Waals surface area contributed by atoms with Crippen LogP contribution < -0.4 is 15.6 Å². The lowest BCUT2D eigenvalue weighted by molar-refractivity contribution is 0.594. The van der Waals surface area contributed by atoms with Crippen molar-refractivity contribution in [2.75, 3.05) is 0 Å². The molecule has 0 radical (unpaired) electrons. The van der Waals surface area contributed by atoms with Crippen LogP contribution >= 0.6 is 11.3 Å². The molecule has 8 rings (SSSR count). The van der Waals surface area contributed by atoms with E-state index in [2.05, 4.69) is 138 Å². The summed E-state index contributed by atoms with van der Waals surface area (Å²) in [4.78, 5) is 5.07. The van der Waals surface area contributed by atoms with Crippen molar-refractivity contribution in [3.8, 4) is 22.0 Å². The summed E-state index contributed by atoms with van der Waals surface area (Å²) < 4.78 is 10.5. The Balaban J connectivity index is 1.34. The summed E-state index contributed by atoms with van der Waals surface area (Å²) in [7, 11) is 0. The molecule has 0 spiro atoms. The molecule has 0 aliphatic carbocycles. The zero-order chi connectivity index (χ0) is 27.9. The first-order valence-electron chi connectivity index (χ1n) is 14.1. The van der Waals surface area contributed by atoms with Crippen molar-refractivity contribution in [3.05, 3.63) is 152 Å². The highest BCUT2D eigenvalue weighted by molar-refractivity contribution is 7.21. The predicted molar refractivity (Wildman–Crippen MR) is 178 cm³/mol. The monoisotopic (exact) mass is 556 g/mol. The minimum Gasteiger partial charge on any atom is -0.551 e. The summed E-state index contributed by atoms with van der Waals surface area (Å²) >= 11 is 1.70. The first-order chi connectivity index (χ1) is 20.8. The van der Waals surface area contributed by atoms with Crippen LogP contribution in [0.5, 0.6) is 5.75 Å². The van der Waals surface area contributed by atoms with Crippen molar-refractivity contribution in [1.82, 2.24) is 9.55 Å². The second-order valence-corrected chi connectivity index (χ2v) is 11.4. The van der Waals surface area contributed by atoms with Gasteiger partial charge in [0.1, 0.15) is 10.8 Å². The quantitative estimate of drug-likeness (QED) is 0.193. The SMILES string of the molecule is c1ccc(B(Oc2ccc(-n3c4ccccc4c4ccccc43)cc2-c2nc3ccccc3s2)c2ccccc2)cc1. The van der Waals surface area contributed by atoms with Crippen LogP contribution in [0.2, 0.25) is 0 Å². The Morgan fingerprint density at radius 3 is 1.79 bits per heavy atom. The number of thiazole rings is 1. The van der Waals surface area contributed by atoms with Gasteiger partial charge in [-0.1, -0.05) is 109 Å². The molecule has 6 aromatic carbocycles. The smallest absolute Gasteiger partial charge is 0.426 e. The highest BCUT2D eigenvalue weighted by atomic mass is 32.1. The van der Waals surface area contributed by atoms with E-state index in [0.29, 0.717) is 0 Å². The van der Waals surface area contributed by atoms with Gasteiger partial charge >= 0.3 is 6.92 Å². The number of hydrogen-bond donors (Lipinski definition) is 0. The lowest BCUT2D eigenvalue weighted by Crippen LogP contribution is -2.47. The van der Waals surface area contributed by atoms with E-state index in [4.69, 9.17) is 9.64 Å². The van der Waals surface area contributed by atoms with E-state index in [-0.39, 0.29) is 6.92 Å². The van der Waals surface area contributed by atoms with Crippen molar-refractivity contribution in [3.63, 3.8) is 0 Å². The summed E-state index contributed by atoms with van der Waals surface area (Å²) in [5, 5.41) is 3.42. The first-order valence-corrected chi connectivity index (χ1v) is 14.9. The third-order valence-corrected chi connectivity index (χ3v) is 8.84.